The monoisotopic (exact) mass is 225 g/mol. The Morgan fingerprint density at radius 3 is 2.53 bits per heavy atom. The molecule has 0 amide bonds. The van der Waals surface area contributed by atoms with Crippen molar-refractivity contribution in [3.63, 3.8) is 0 Å². The van der Waals surface area contributed by atoms with Gasteiger partial charge in [0.2, 0.25) is 0 Å². The van der Waals surface area contributed by atoms with E-state index < -0.39 is 0 Å². The van der Waals surface area contributed by atoms with Crippen LogP contribution in [0.15, 0.2) is 18.3 Å². The van der Waals surface area contributed by atoms with Gasteiger partial charge in [-0.25, -0.2) is 0 Å². The van der Waals surface area contributed by atoms with Gasteiger partial charge in [-0.3, -0.25) is 14.6 Å². The second-order valence-electron chi connectivity index (χ2n) is 3.58. The predicted octanol–water partition coefficient (Wildman–Crippen LogP) is 2.53. The van der Waals surface area contributed by atoms with Crippen LogP contribution in [-0.2, 0) is 4.79 Å². The maximum absolute atomic E-state index is 11.5. The molecule has 0 saturated carbocycles. The number of Topliss-reactive ketones (excluding diaryl/α,β-unsaturated/α-hetero) is 2. The Hall–Kier alpha value is -1.22. The Kier molecular flexibility index (Phi) is 3.97. The van der Waals surface area contributed by atoms with Gasteiger partial charge in [0.25, 0.3) is 0 Å². The lowest BCUT2D eigenvalue weighted by molar-refractivity contribution is -0.121. The SMILES string of the molecule is CC(C)C(=O)CC(=O)c1ccc(Cl)cn1. The van der Waals surface area contributed by atoms with E-state index in [0.29, 0.717) is 5.02 Å². The van der Waals surface area contributed by atoms with Crippen LogP contribution >= 0.6 is 11.6 Å². The summed E-state index contributed by atoms with van der Waals surface area (Å²) in [5.41, 5.74) is 0.286. The molecular weight excluding hydrogens is 214 g/mol. The smallest absolute Gasteiger partial charge is 0.188 e. The molecule has 1 aromatic heterocycles. The molecule has 0 aliphatic heterocycles. The summed E-state index contributed by atoms with van der Waals surface area (Å²) in [4.78, 5) is 26.7. The molecule has 0 unspecified atom stereocenters. The zero-order valence-electron chi connectivity index (χ0n) is 8.66. The van der Waals surface area contributed by atoms with Crippen molar-refractivity contribution in [2.24, 2.45) is 5.92 Å². The fourth-order valence-electron chi connectivity index (χ4n) is 0.994. The first kappa shape index (κ1) is 11.9. The molecule has 0 radical (unpaired) electrons. The Morgan fingerprint density at radius 2 is 2.07 bits per heavy atom. The summed E-state index contributed by atoms with van der Waals surface area (Å²) in [7, 11) is 0. The molecule has 1 heterocycles. The molecule has 0 aliphatic carbocycles. The minimum atomic E-state index is -0.259. The molecule has 0 aliphatic rings. The Bertz CT molecular complexity index is 371. The second-order valence-corrected chi connectivity index (χ2v) is 4.02. The molecule has 0 spiro atoms. The molecule has 0 fully saturated rings. The van der Waals surface area contributed by atoms with Gasteiger partial charge < -0.3 is 0 Å². The normalized spacial score (nSPS) is 10.4. The van der Waals surface area contributed by atoms with Gasteiger partial charge in [-0.2, -0.15) is 0 Å². The minimum absolute atomic E-state index is 0.0725. The zero-order chi connectivity index (χ0) is 11.4. The van der Waals surface area contributed by atoms with Gasteiger partial charge in [0.05, 0.1) is 11.4 Å². The van der Waals surface area contributed by atoms with Crippen molar-refractivity contribution < 1.29 is 9.59 Å². The number of nitrogens with zero attached hydrogens (tertiary/aromatic N) is 1. The maximum Gasteiger partial charge on any atom is 0.188 e. The lowest BCUT2D eigenvalue weighted by atomic mass is 10.0. The van der Waals surface area contributed by atoms with Crippen molar-refractivity contribution in [1.29, 1.82) is 0 Å². The van der Waals surface area contributed by atoms with E-state index >= 15 is 0 Å². The molecule has 15 heavy (non-hydrogen) atoms. The van der Waals surface area contributed by atoms with Crippen LogP contribution in [0.25, 0.3) is 0 Å². The summed E-state index contributed by atoms with van der Waals surface area (Å²) in [6.45, 7) is 3.54. The van der Waals surface area contributed by atoms with E-state index in [1.165, 1.54) is 12.3 Å². The summed E-state index contributed by atoms with van der Waals surface area (Å²) in [6, 6.07) is 3.11. The average Bonchev–Trinajstić information content (AvgIpc) is 2.18. The maximum atomic E-state index is 11.5. The molecular formula is C11H12ClNO2. The van der Waals surface area contributed by atoms with E-state index in [1.807, 2.05) is 0 Å². The number of ketones is 2. The van der Waals surface area contributed by atoms with E-state index in [1.54, 1.807) is 19.9 Å². The van der Waals surface area contributed by atoms with Crippen LogP contribution in [0.1, 0.15) is 30.8 Å². The van der Waals surface area contributed by atoms with Crippen molar-refractivity contribution in [2.45, 2.75) is 20.3 Å². The van der Waals surface area contributed by atoms with Crippen molar-refractivity contribution >= 4 is 23.2 Å². The average molecular weight is 226 g/mol. The highest BCUT2D eigenvalue weighted by atomic mass is 35.5. The summed E-state index contributed by atoms with van der Waals surface area (Å²) in [5.74, 6) is -0.455. The van der Waals surface area contributed by atoms with E-state index in [9.17, 15) is 9.59 Å². The van der Waals surface area contributed by atoms with E-state index in [-0.39, 0.29) is 29.6 Å². The molecule has 0 N–H and O–H groups in total. The molecule has 1 rings (SSSR count). The van der Waals surface area contributed by atoms with Gasteiger partial charge in [0.15, 0.2) is 5.78 Å². The fourth-order valence-corrected chi connectivity index (χ4v) is 1.11. The molecule has 0 bridgehead atoms. The number of pyridine rings is 1. The Morgan fingerprint density at radius 1 is 1.40 bits per heavy atom. The number of halogens is 1. The van der Waals surface area contributed by atoms with E-state index in [2.05, 4.69) is 4.98 Å². The topological polar surface area (TPSA) is 47.0 Å². The lowest BCUT2D eigenvalue weighted by Gasteiger charge is -2.02. The molecule has 1 aromatic rings. The molecule has 4 heteroatoms. The Labute approximate surface area is 93.5 Å². The first-order chi connectivity index (χ1) is 7.00. The van der Waals surface area contributed by atoms with Crippen molar-refractivity contribution in [3.05, 3.63) is 29.0 Å². The van der Waals surface area contributed by atoms with Gasteiger partial charge in [-0.1, -0.05) is 25.4 Å². The second kappa shape index (κ2) is 5.03. The predicted molar refractivity (Wildman–Crippen MR) is 58.0 cm³/mol. The molecule has 80 valence electrons. The van der Waals surface area contributed by atoms with Crippen molar-refractivity contribution in [1.82, 2.24) is 4.98 Å². The zero-order valence-corrected chi connectivity index (χ0v) is 9.41. The highest BCUT2D eigenvalue weighted by Crippen LogP contribution is 2.09. The number of aromatic nitrogens is 1. The van der Waals surface area contributed by atoms with Crippen molar-refractivity contribution in [2.75, 3.05) is 0 Å². The van der Waals surface area contributed by atoms with Crippen LogP contribution < -0.4 is 0 Å². The summed E-state index contributed by atoms with van der Waals surface area (Å²) >= 11 is 5.63. The number of carbonyl (C=O) groups excluding carboxylic acids is 2. The summed E-state index contributed by atoms with van der Waals surface area (Å²) < 4.78 is 0. The summed E-state index contributed by atoms with van der Waals surface area (Å²) in [5, 5.41) is 0.474. The highest BCUT2D eigenvalue weighted by Gasteiger charge is 2.15. The number of hydrogen-bond acceptors (Lipinski definition) is 3. The van der Waals surface area contributed by atoms with Gasteiger partial charge in [-0.05, 0) is 12.1 Å². The van der Waals surface area contributed by atoms with Crippen molar-refractivity contribution in [3.8, 4) is 0 Å². The van der Waals surface area contributed by atoms with Crippen LogP contribution in [-0.4, -0.2) is 16.6 Å². The largest absolute Gasteiger partial charge is 0.299 e. The molecule has 0 aromatic carbocycles. The third kappa shape index (κ3) is 3.44. The first-order valence-corrected chi connectivity index (χ1v) is 5.06. The number of carbonyl (C=O) groups is 2. The molecule has 0 saturated heterocycles. The third-order valence-corrected chi connectivity index (χ3v) is 2.22. The van der Waals surface area contributed by atoms with Crippen LogP contribution in [0.5, 0.6) is 0 Å². The van der Waals surface area contributed by atoms with Crippen LogP contribution in [0.2, 0.25) is 5.02 Å². The lowest BCUT2D eigenvalue weighted by Crippen LogP contribution is -2.14. The number of hydrogen-bond donors (Lipinski definition) is 0. The highest BCUT2D eigenvalue weighted by molar-refractivity contribution is 6.30. The number of rotatable bonds is 4. The van der Waals surface area contributed by atoms with Gasteiger partial charge in [-0.15, -0.1) is 0 Å². The minimum Gasteiger partial charge on any atom is -0.299 e. The van der Waals surface area contributed by atoms with Gasteiger partial charge >= 0.3 is 0 Å². The summed E-state index contributed by atoms with van der Waals surface area (Å²) in [6.07, 6.45) is 1.31. The van der Waals surface area contributed by atoms with Crippen LogP contribution in [0, 0.1) is 5.92 Å². The van der Waals surface area contributed by atoms with E-state index in [4.69, 9.17) is 11.6 Å². The van der Waals surface area contributed by atoms with E-state index in [0.717, 1.165) is 0 Å². The third-order valence-electron chi connectivity index (χ3n) is 1.99. The standard InChI is InChI=1S/C11H12ClNO2/c1-7(2)10(14)5-11(15)9-4-3-8(12)6-13-9/h3-4,6-7H,5H2,1-2H3. The first-order valence-electron chi connectivity index (χ1n) is 4.68. The molecule has 3 nitrogen and oxygen atoms in total. The fraction of sp³-hybridized carbons (Fsp3) is 0.364. The van der Waals surface area contributed by atoms with Gasteiger partial charge in [0.1, 0.15) is 11.5 Å². The Balaban J connectivity index is 2.69. The van der Waals surface area contributed by atoms with Gasteiger partial charge in [0, 0.05) is 12.1 Å². The van der Waals surface area contributed by atoms with Crippen LogP contribution in [0.4, 0.5) is 0 Å². The quantitative estimate of drug-likeness (QED) is 0.584. The molecule has 0 atom stereocenters. The van der Waals surface area contributed by atoms with Crippen LogP contribution in [0.3, 0.4) is 0 Å².